The molecule has 0 aliphatic heterocycles. The molecule has 0 saturated carbocycles. The van der Waals surface area contributed by atoms with Gasteiger partial charge in [-0.2, -0.15) is 13.2 Å². The van der Waals surface area contributed by atoms with E-state index in [4.69, 9.17) is 5.73 Å². The van der Waals surface area contributed by atoms with Gasteiger partial charge in [0.15, 0.2) is 5.43 Å². The van der Waals surface area contributed by atoms with E-state index in [-0.39, 0.29) is 6.07 Å². The lowest BCUT2D eigenvalue weighted by atomic mass is 10.2. The molecule has 0 spiro atoms. The summed E-state index contributed by atoms with van der Waals surface area (Å²) in [5.41, 5.74) is 1.32. The Hall–Kier alpha value is -1.71. The molecular formula is C8H6F6N2O2. The quantitative estimate of drug-likeness (QED) is 0.808. The first-order valence-corrected chi connectivity index (χ1v) is 4.34. The number of halogens is 6. The van der Waals surface area contributed by atoms with E-state index in [0.29, 0.717) is 0 Å². The number of hydrogen-bond donors (Lipinski definition) is 2. The van der Waals surface area contributed by atoms with Crippen LogP contribution < -0.4 is 15.9 Å². The van der Waals surface area contributed by atoms with E-state index >= 15 is 0 Å². The Bertz CT molecular complexity index is 490. The van der Waals surface area contributed by atoms with Crippen LogP contribution >= 0.6 is 0 Å². The molecule has 0 unspecified atom stereocenters. The molecule has 1 heterocycles. The normalized spacial score (nSPS) is 12.6. The van der Waals surface area contributed by atoms with E-state index in [1.807, 2.05) is 0 Å². The van der Waals surface area contributed by atoms with Crippen molar-refractivity contribution in [2.24, 2.45) is 5.73 Å². The van der Waals surface area contributed by atoms with Crippen LogP contribution in [0.25, 0.3) is 0 Å². The Morgan fingerprint density at radius 3 is 2.17 bits per heavy atom. The zero-order chi connectivity index (χ0) is 14.1. The molecule has 4 nitrogen and oxygen atoms in total. The average Bonchev–Trinajstić information content (AvgIpc) is 2.13. The molecule has 0 saturated heterocycles. The van der Waals surface area contributed by atoms with Crippen LogP contribution in [0.3, 0.4) is 0 Å². The van der Waals surface area contributed by atoms with Crippen molar-refractivity contribution >= 4 is 0 Å². The number of pyridine rings is 1. The van der Waals surface area contributed by atoms with E-state index < -0.39 is 41.6 Å². The molecule has 0 atom stereocenters. The third-order valence-corrected chi connectivity index (χ3v) is 1.82. The van der Waals surface area contributed by atoms with Gasteiger partial charge >= 0.3 is 12.5 Å². The summed E-state index contributed by atoms with van der Waals surface area (Å²) in [5.74, 6) is -1.36. The van der Waals surface area contributed by atoms with Crippen molar-refractivity contribution in [3.63, 3.8) is 0 Å². The number of nitrogens with one attached hydrogen (secondary N) is 1. The third-order valence-electron chi connectivity index (χ3n) is 1.82. The molecule has 0 amide bonds. The molecule has 102 valence electrons. The Morgan fingerprint density at radius 1 is 1.22 bits per heavy atom. The fourth-order valence-electron chi connectivity index (χ4n) is 1.11. The number of rotatable bonds is 2. The highest BCUT2D eigenvalue weighted by Crippen LogP contribution is 2.30. The second-order valence-corrected chi connectivity index (χ2v) is 3.10. The zero-order valence-electron chi connectivity index (χ0n) is 8.45. The molecule has 0 fully saturated rings. The Labute approximate surface area is 95.4 Å². The standard InChI is InChI=1S/C8H6F6N2O2/c9-7(10,11)5-1-4(17)3(2-15)6(16-5)18-8(12,13)14/h1H,2,15H2,(H,16,17). The number of aromatic nitrogens is 1. The lowest BCUT2D eigenvalue weighted by Crippen LogP contribution is -2.25. The molecule has 18 heavy (non-hydrogen) atoms. The summed E-state index contributed by atoms with van der Waals surface area (Å²) in [6.07, 6.45) is -10.2. The number of ether oxygens (including phenoxy) is 1. The topological polar surface area (TPSA) is 68.1 Å². The van der Waals surface area contributed by atoms with Gasteiger partial charge in [-0.15, -0.1) is 13.2 Å². The number of H-pyrrole nitrogens is 1. The first-order valence-electron chi connectivity index (χ1n) is 4.34. The molecule has 1 rings (SSSR count). The maximum absolute atomic E-state index is 12.3. The highest BCUT2D eigenvalue weighted by Gasteiger charge is 2.36. The molecular weight excluding hydrogens is 270 g/mol. The maximum atomic E-state index is 12.3. The van der Waals surface area contributed by atoms with E-state index in [0.717, 1.165) is 0 Å². The van der Waals surface area contributed by atoms with Crippen LogP contribution in [0.15, 0.2) is 10.9 Å². The smallest absolute Gasteiger partial charge is 0.389 e. The van der Waals surface area contributed by atoms with E-state index in [1.165, 1.54) is 4.98 Å². The molecule has 3 N–H and O–H groups in total. The minimum Gasteiger partial charge on any atom is -0.389 e. The van der Waals surface area contributed by atoms with Gasteiger partial charge in [-0.05, 0) is 0 Å². The summed E-state index contributed by atoms with van der Waals surface area (Å²) in [7, 11) is 0. The van der Waals surface area contributed by atoms with Gasteiger partial charge in [-0.25, -0.2) is 0 Å². The monoisotopic (exact) mass is 276 g/mol. The molecule has 0 aliphatic carbocycles. The first kappa shape index (κ1) is 14.4. The Kier molecular flexibility index (Phi) is 3.60. The van der Waals surface area contributed by atoms with Gasteiger partial charge in [0.1, 0.15) is 5.69 Å². The predicted molar refractivity (Wildman–Crippen MR) is 46.6 cm³/mol. The fourth-order valence-corrected chi connectivity index (χ4v) is 1.11. The van der Waals surface area contributed by atoms with E-state index in [1.54, 1.807) is 0 Å². The second-order valence-electron chi connectivity index (χ2n) is 3.10. The van der Waals surface area contributed by atoms with Crippen molar-refractivity contribution in [2.45, 2.75) is 19.1 Å². The Balaban J connectivity index is 3.38. The van der Waals surface area contributed by atoms with Crippen LogP contribution in [-0.2, 0) is 12.7 Å². The van der Waals surface area contributed by atoms with Gasteiger partial charge in [0.25, 0.3) is 0 Å². The molecule has 0 aromatic carbocycles. The van der Waals surface area contributed by atoms with Crippen molar-refractivity contribution in [1.82, 2.24) is 4.98 Å². The highest BCUT2D eigenvalue weighted by molar-refractivity contribution is 5.29. The van der Waals surface area contributed by atoms with Crippen LogP contribution in [0.1, 0.15) is 11.3 Å². The number of nitrogens with two attached hydrogens (primary N) is 1. The number of aromatic amines is 1. The highest BCUT2D eigenvalue weighted by atomic mass is 19.4. The van der Waals surface area contributed by atoms with E-state index in [2.05, 4.69) is 4.74 Å². The number of hydrogen-bond acceptors (Lipinski definition) is 3. The van der Waals surface area contributed by atoms with Gasteiger partial charge in [0, 0.05) is 12.6 Å². The van der Waals surface area contributed by atoms with Crippen molar-refractivity contribution < 1.29 is 31.1 Å². The predicted octanol–water partition coefficient (Wildman–Crippen LogP) is 1.75. The molecule has 0 radical (unpaired) electrons. The van der Waals surface area contributed by atoms with Crippen LogP contribution in [0.5, 0.6) is 5.88 Å². The molecule has 1 aromatic heterocycles. The lowest BCUT2D eigenvalue weighted by Gasteiger charge is -2.14. The van der Waals surface area contributed by atoms with Gasteiger partial charge in [0.2, 0.25) is 5.88 Å². The lowest BCUT2D eigenvalue weighted by molar-refractivity contribution is -0.276. The molecule has 1 aromatic rings. The van der Waals surface area contributed by atoms with Crippen molar-refractivity contribution in [1.29, 1.82) is 0 Å². The summed E-state index contributed by atoms with van der Waals surface area (Å²) in [6.45, 7) is -0.696. The molecule has 0 aliphatic rings. The SMILES string of the molecule is NCc1c(OC(F)(F)F)[nH]c(C(F)(F)F)cc1=O. The van der Waals surface area contributed by atoms with Crippen LogP contribution in [0.2, 0.25) is 0 Å². The van der Waals surface area contributed by atoms with Gasteiger partial charge < -0.3 is 15.5 Å². The Morgan fingerprint density at radius 2 is 1.78 bits per heavy atom. The summed E-state index contributed by atoms with van der Waals surface area (Å²) in [6, 6.07) is 0.116. The van der Waals surface area contributed by atoms with Crippen LogP contribution in [-0.4, -0.2) is 11.3 Å². The van der Waals surface area contributed by atoms with E-state index in [9.17, 15) is 31.1 Å². The van der Waals surface area contributed by atoms with Gasteiger partial charge in [0.05, 0.1) is 5.56 Å². The minimum atomic E-state index is -5.24. The first-order chi connectivity index (χ1) is 8.04. The maximum Gasteiger partial charge on any atom is 0.574 e. The largest absolute Gasteiger partial charge is 0.574 e. The number of alkyl halides is 6. The molecule has 0 bridgehead atoms. The van der Waals surface area contributed by atoms with Gasteiger partial charge in [-0.3, -0.25) is 4.79 Å². The van der Waals surface area contributed by atoms with Crippen molar-refractivity contribution in [3.8, 4) is 5.88 Å². The van der Waals surface area contributed by atoms with Crippen molar-refractivity contribution in [3.05, 3.63) is 27.5 Å². The van der Waals surface area contributed by atoms with Crippen molar-refractivity contribution in [2.75, 3.05) is 0 Å². The van der Waals surface area contributed by atoms with Crippen LogP contribution in [0, 0.1) is 0 Å². The summed E-state index contributed by atoms with van der Waals surface area (Å²) >= 11 is 0. The zero-order valence-corrected chi connectivity index (χ0v) is 8.45. The summed E-state index contributed by atoms with van der Waals surface area (Å²) < 4.78 is 76.0. The van der Waals surface area contributed by atoms with Crippen LogP contribution in [0.4, 0.5) is 26.3 Å². The van der Waals surface area contributed by atoms with Gasteiger partial charge in [-0.1, -0.05) is 0 Å². The minimum absolute atomic E-state index is 0.116. The summed E-state index contributed by atoms with van der Waals surface area (Å²) in [4.78, 5) is 12.5. The molecule has 10 heteroatoms. The second kappa shape index (κ2) is 4.52. The fraction of sp³-hybridized carbons (Fsp3) is 0.375. The third kappa shape index (κ3) is 3.39. The summed E-state index contributed by atoms with van der Waals surface area (Å²) in [5, 5.41) is 0. The average molecular weight is 276 g/mol.